The molecule has 0 radical (unpaired) electrons. The lowest BCUT2D eigenvalue weighted by molar-refractivity contribution is -0.127. The molecule has 1 saturated heterocycles. The van der Waals surface area contributed by atoms with Crippen molar-refractivity contribution in [1.29, 1.82) is 0 Å². The highest BCUT2D eigenvalue weighted by atomic mass is 35.5. The van der Waals surface area contributed by atoms with Gasteiger partial charge in [0.1, 0.15) is 5.41 Å². The van der Waals surface area contributed by atoms with Crippen molar-refractivity contribution in [3.63, 3.8) is 0 Å². The van der Waals surface area contributed by atoms with Gasteiger partial charge in [0.05, 0.1) is 12.1 Å². The first-order valence-corrected chi connectivity index (χ1v) is 12.6. The van der Waals surface area contributed by atoms with Gasteiger partial charge in [-0.2, -0.15) is 0 Å². The summed E-state index contributed by atoms with van der Waals surface area (Å²) in [5.41, 5.74) is 1.28. The fourth-order valence-corrected chi connectivity index (χ4v) is 6.53. The van der Waals surface area contributed by atoms with E-state index in [9.17, 15) is 14.4 Å². The predicted octanol–water partition coefficient (Wildman–Crippen LogP) is 6.39. The Morgan fingerprint density at radius 3 is 2.06 bits per heavy atom. The second kappa shape index (κ2) is 7.75. The summed E-state index contributed by atoms with van der Waals surface area (Å²) in [4.78, 5) is 45.2. The fourth-order valence-electron chi connectivity index (χ4n) is 6.40. The largest absolute Gasteiger partial charge is 0.352 e. The van der Waals surface area contributed by atoms with E-state index in [1.54, 1.807) is 36.4 Å². The minimum Gasteiger partial charge on any atom is -0.352 e. The minimum absolute atomic E-state index is 0.00835. The summed E-state index contributed by atoms with van der Waals surface area (Å²) in [7, 11) is 0. The van der Waals surface area contributed by atoms with E-state index in [1.165, 1.54) is 0 Å². The molecule has 1 aliphatic carbocycles. The van der Waals surface area contributed by atoms with Crippen molar-refractivity contribution < 1.29 is 14.4 Å². The average Bonchev–Trinajstić information content (AvgIpc) is 3.30. The van der Waals surface area contributed by atoms with Gasteiger partial charge in [-0.05, 0) is 29.3 Å². The number of carbonyl (C=O) groups excluding carboxylic acids is 3. The lowest BCUT2D eigenvalue weighted by atomic mass is 9.63. The number of benzene rings is 3. The van der Waals surface area contributed by atoms with Gasteiger partial charge in [0.2, 0.25) is 0 Å². The highest BCUT2D eigenvalue weighted by Crippen LogP contribution is 2.61. The topological polar surface area (TPSA) is 54.5 Å². The number of para-hydroxylation sites is 1. The molecular formula is C31H26ClNO3. The molecule has 0 saturated carbocycles. The monoisotopic (exact) mass is 495 g/mol. The quantitative estimate of drug-likeness (QED) is 0.386. The second-order valence-corrected chi connectivity index (χ2v) is 11.4. The third-order valence-electron chi connectivity index (χ3n) is 7.95. The van der Waals surface area contributed by atoms with Gasteiger partial charge in [-0.1, -0.05) is 99.1 Å². The Balaban J connectivity index is 1.70. The third kappa shape index (κ3) is 2.91. The van der Waals surface area contributed by atoms with E-state index < -0.39 is 28.8 Å². The lowest BCUT2D eigenvalue weighted by Crippen LogP contribution is -2.49. The molecule has 180 valence electrons. The second-order valence-electron chi connectivity index (χ2n) is 10.9. The molecule has 0 amide bonds. The van der Waals surface area contributed by atoms with E-state index >= 15 is 0 Å². The van der Waals surface area contributed by atoms with Gasteiger partial charge in [0.25, 0.3) is 0 Å². The summed E-state index contributed by atoms with van der Waals surface area (Å²) < 4.78 is 0. The molecule has 1 spiro atoms. The average molecular weight is 496 g/mol. The first-order chi connectivity index (χ1) is 17.2. The number of hydrogen-bond donors (Lipinski definition) is 0. The number of hydrogen-bond acceptors (Lipinski definition) is 4. The molecule has 0 unspecified atom stereocenters. The maximum atomic E-state index is 14.4. The van der Waals surface area contributed by atoms with Gasteiger partial charge >= 0.3 is 0 Å². The van der Waals surface area contributed by atoms with Crippen LogP contribution in [0.3, 0.4) is 0 Å². The van der Waals surface area contributed by atoms with Gasteiger partial charge in [0, 0.05) is 33.2 Å². The smallest absolute Gasteiger partial charge is 0.180 e. The van der Waals surface area contributed by atoms with Crippen LogP contribution < -0.4 is 4.90 Å². The van der Waals surface area contributed by atoms with E-state index in [-0.39, 0.29) is 17.3 Å². The molecule has 36 heavy (non-hydrogen) atoms. The number of anilines is 1. The van der Waals surface area contributed by atoms with Crippen LogP contribution in [0.2, 0.25) is 5.02 Å². The van der Waals surface area contributed by atoms with Gasteiger partial charge < -0.3 is 4.90 Å². The summed E-state index contributed by atoms with van der Waals surface area (Å²) in [5.74, 6) is -1.13. The molecule has 3 atom stereocenters. The number of carbonyl (C=O) groups is 3. The van der Waals surface area contributed by atoms with Crippen LogP contribution >= 0.6 is 11.6 Å². The summed E-state index contributed by atoms with van der Waals surface area (Å²) in [6.07, 6.45) is 3.92. The van der Waals surface area contributed by atoms with Crippen molar-refractivity contribution in [2.75, 3.05) is 4.90 Å². The molecule has 3 aromatic rings. The Hall–Kier alpha value is -3.50. The van der Waals surface area contributed by atoms with Crippen molar-refractivity contribution >= 4 is 40.7 Å². The Bertz CT molecular complexity index is 1430. The predicted molar refractivity (Wildman–Crippen MR) is 142 cm³/mol. The summed E-state index contributed by atoms with van der Waals surface area (Å²) in [6, 6.07) is 20.8. The Morgan fingerprint density at radius 2 is 1.44 bits per heavy atom. The first kappa shape index (κ1) is 22.9. The Labute approximate surface area is 215 Å². The van der Waals surface area contributed by atoms with Gasteiger partial charge in [-0.25, -0.2) is 0 Å². The van der Waals surface area contributed by atoms with Crippen LogP contribution in [0.25, 0.3) is 6.08 Å². The zero-order valence-corrected chi connectivity index (χ0v) is 21.1. The van der Waals surface area contributed by atoms with Crippen LogP contribution in [-0.2, 0) is 4.79 Å². The van der Waals surface area contributed by atoms with E-state index in [0.717, 1.165) is 16.8 Å². The molecule has 0 bridgehead atoms. The molecular weight excluding hydrogens is 470 g/mol. The van der Waals surface area contributed by atoms with Crippen molar-refractivity contribution in [2.24, 2.45) is 10.8 Å². The minimum atomic E-state index is -1.47. The van der Waals surface area contributed by atoms with Gasteiger partial charge in [-0.3, -0.25) is 14.4 Å². The molecule has 4 nitrogen and oxygen atoms in total. The van der Waals surface area contributed by atoms with Crippen LogP contribution in [0.15, 0.2) is 78.9 Å². The van der Waals surface area contributed by atoms with E-state index in [4.69, 9.17) is 11.6 Å². The fraction of sp³-hybridized carbons (Fsp3) is 0.258. The number of ketones is 3. The van der Waals surface area contributed by atoms with Gasteiger partial charge in [0.15, 0.2) is 17.3 Å². The summed E-state index contributed by atoms with van der Waals surface area (Å²) in [6.45, 7) is 5.69. The molecule has 0 aromatic heterocycles. The summed E-state index contributed by atoms with van der Waals surface area (Å²) >= 11 is 6.24. The molecule has 3 aromatic carbocycles. The first-order valence-electron chi connectivity index (χ1n) is 12.2. The van der Waals surface area contributed by atoms with Crippen molar-refractivity contribution in [3.8, 4) is 0 Å². The SMILES string of the molecule is CC(C)(C)C(=O)[C@@H]1[C@H](c2ccc(Cl)cc2)C2(C(=O)c3ccccc3C2=O)[C@@H]2C=Cc3ccccc3N12. The number of nitrogens with zero attached hydrogens (tertiary/aromatic N) is 1. The molecule has 1 fully saturated rings. The number of Topliss-reactive ketones (excluding diaryl/α,β-unsaturated/α-hetero) is 3. The van der Waals surface area contributed by atoms with Crippen LogP contribution in [0.4, 0.5) is 5.69 Å². The number of rotatable bonds is 2. The normalized spacial score (nSPS) is 23.6. The van der Waals surface area contributed by atoms with E-state index in [1.807, 2.05) is 74.2 Å². The molecule has 5 heteroatoms. The lowest BCUT2D eigenvalue weighted by Gasteiger charge is -2.38. The van der Waals surface area contributed by atoms with Crippen molar-refractivity contribution in [1.82, 2.24) is 0 Å². The van der Waals surface area contributed by atoms with E-state index in [2.05, 4.69) is 0 Å². The van der Waals surface area contributed by atoms with Crippen LogP contribution in [-0.4, -0.2) is 29.4 Å². The van der Waals surface area contributed by atoms with Crippen LogP contribution in [0.1, 0.15) is 58.5 Å². The number of halogens is 1. The zero-order valence-electron chi connectivity index (χ0n) is 20.4. The molecule has 0 N–H and O–H groups in total. The van der Waals surface area contributed by atoms with Crippen molar-refractivity contribution in [2.45, 2.75) is 38.8 Å². The van der Waals surface area contributed by atoms with Crippen LogP contribution in [0.5, 0.6) is 0 Å². The Morgan fingerprint density at radius 1 is 0.861 bits per heavy atom. The maximum absolute atomic E-state index is 14.4. The van der Waals surface area contributed by atoms with Gasteiger partial charge in [-0.15, -0.1) is 0 Å². The standard InChI is InChI=1S/C31H26ClNO3/c1-30(2,3)29(36)26-25(19-12-15-20(32)16-13-19)31(27(34)21-9-5-6-10-22(21)28(31)35)24-17-14-18-8-4-7-11-23(18)33(24)26/h4-17,24-26H,1-3H3/t24-,25-,26-/m0/s1. The molecule has 3 aliphatic rings. The maximum Gasteiger partial charge on any atom is 0.180 e. The Kier molecular flexibility index (Phi) is 4.94. The number of fused-ring (bicyclic) bond motifs is 5. The molecule has 2 heterocycles. The van der Waals surface area contributed by atoms with Crippen molar-refractivity contribution in [3.05, 3.63) is 106 Å². The van der Waals surface area contributed by atoms with Crippen LogP contribution in [0, 0.1) is 10.8 Å². The highest BCUT2D eigenvalue weighted by molar-refractivity contribution is 6.32. The molecule has 2 aliphatic heterocycles. The molecule has 6 rings (SSSR count). The third-order valence-corrected chi connectivity index (χ3v) is 8.20. The van der Waals surface area contributed by atoms with E-state index in [0.29, 0.717) is 16.1 Å². The highest BCUT2D eigenvalue weighted by Gasteiger charge is 2.71. The summed E-state index contributed by atoms with van der Waals surface area (Å²) in [5, 5.41) is 0.555. The zero-order chi connectivity index (χ0) is 25.4.